The number of nitrogens with zero attached hydrogens (tertiary/aromatic N) is 1. The molecule has 1 heterocycles. The van der Waals surface area contributed by atoms with Gasteiger partial charge >= 0.3 is 5.97 Å². The molecule has 0 atom stereocenters. The van der Waals surface area contributed by atoms with Crippen LogP contribution in [0.4, 0.5) is 0 Å². The number of carbonyl (C=O) groups excluding carboxylic acids is 1. The molecule has 0 aliphatic carbocycles. The number of carbonyl (C=O) groups is 1. The van der Waals surface area contributed by atoms with Gasteiger partial charge in [0.25, 0.3) is 0 Å². The first-order valence-corrected chi connectivity index (χ1v) is 5.46. The highest BCUT2D eigenvalue weighted by molar-refractivity contribution is 5.92. The van der Waals surface area contributed by atoms with Crippen molar-refractivity contribution in [1.29, 1.82) is 0 Å². The van der Waals surface area contributed by atoms with Crippen LogP contribution in [0, 0.1) is 13.8 Å². The average molecular weight is 247 g/mol. The summed E-state index contributed by atoms with van der Waals surface area (Å²) in [4.78, 5) is 11.8. The van der Waals surface area contributed by atoms with Gasteiger partial charge in [-0.25, -0.2) is 4.79 Å². The van der Waals surface area contributed by atoms with Gasteiger partial charge in [0.15, 0.2) is 12.4 Å². The SMILES string of the molecule is Cc1cc(COC(=O)c2cccc(C)c2O)on1. The van der Waals surface area contributed by atoms with E-state index in [1.807, 2.05) is 0 Å². The number of hydrogen-bond donors (Lipinski definition) is 1. The Labute approximate surface area is 104 Å². The molecule has 5 heteroatoms. The first-order chi connectivity index (χ1) is 8.58. The van der Waals surface area contributed by atoms with Gasteiger partial charge < -0.3 is 14.4 Å². The van der Waals surface area contributed by atoms with Gasteiger partial charge in [0.05, 0.1) is 5.69 Å². The van der Waals surface area contributed by atoms with Crippen molar-refractivity contribution < 1.29 is 19.2 Å². The Morgan fingerprint density at radius 1 is 1.44 bits per heavy atom. The molecule has 1 aromatic carbocycles. The predicted octanol–water partition coefficient (Wildman–Crippen LogP) is 2.35. The molecule has 0 saturated heterocycles. The van der Waals surface area contributed by atoms with Crippen LogP contribution in [-0.2, 0) is 11.3 Å². The number of hydrogen-bond acceptors (Lipinski definition) is 5. The number of esters is 1. The summed E-state index contributed by atoms with van der Waals surface area (Å²) in [5, 5.41) is 13.4. The second-order valence-corrected chi connectivity index (χ2v) is 3.98. The van der Waals surface area contributed by atoms with E-state index < -0.39 is 5.97 Å². The minimum Gasteiger partial charge on any atom is -0.507 e. The van der Waals surface area contributed by atoms with Crippen LogP contribution in [0.2, 0.25) is 0 Å². The largest absolute Gasteiger partial charge is 0.507 e. The molecule has 1 N–H and O–H groups in total. The van der Waals surface area contributed by atoms with Crippen LogP contribution in [0.1, 0.15) is 27.4 Å². The minimum absolute atomic E-state index is 0.00689. The number of aromatic hydroxyl groups is 1. The highest BCUT2D eigenvalue weighted by atomic mass is 16.5. The molecule has 0 aliphatic rings. The summed E-state index contributed by atoms with van der Waals surface area (Å²) >= 11 is 0. The van der Waals surface area contributed by atoms with Crippen LogP contribution in [0.15, 0.2) is 28.8 Å². The normalized spacial score (nSPS) is 10.3. The number of phenolic OH excluding ortho intramolecular Hbond substituents is 1. The maximum atomic E-state index is 11.8. The van der Waals surface area contributed by atoms with Crippen molar-refractivity contribution in [3.63, 3.8) is 0 Å². The smallest absolute Gasteiger partial charge is 0.342 e. The average Bonchev–Trinajstić information content (AvgIpc) is 2.76. The summed E-state index contributed by atoms with van der Waals surface area (Å²) in [7, 11) is 0. The molecule has 2 aromatic rings. The van der Waals surface area contributed by atoms with Gasteiger partial charge in [0.1, 0.15) is 11.3 Å². The van der Waals surface area contributed by atoms with E-state index in [2.05, 4.69) is 5.16 Å². The molecular weight excluding hydrogens is 234 g/mol. The van der Waals surface area contributed by atoms with Crippen LogP contribution in [-0.4, -0.2) is 16.2 Å². The zero-order chi connectivity index (χ0) is 13.1. The molecule has 5 nitrogen and oxygen atoms in total. The fraction of sp³-hybridized carbons (Fsp3) is 0.231. The molecule has 18 heavy (non-hydrogen) atoms. The van der Waals surface area contributed by atoms with Crippen LogP contribution in [0.25, 0.3) is 0 Å². The molecule has 0 unspecified atom stereocenters. The van der Waals surface area contributed by atoms with Gasteiger partial charge in [-0.05, 0) is 25.5 Å². The molecule has 94 valence electrons. The molecule has 0 spiro atoms. The topological polar surface area (TPSA) is 72.6 Å². The van der Waals surface area contributed by atoms with E-state index in [-0.39, 0.29) is 17.9 Å². The van der Waals surface area contributed by atoms with Gasteiger partial charge in [-0.1, -0.05) is 17.3 Å². The van der Waals surface area contributed by atoms with Crippen LogP contribution < -0.4 is 0 Å². The van der Waals surface area contributed by atoms with E-state index in [1.54, 1.807) is 32.0 Å². The van der Waals surface area contributed by atoms with Gasteiger partial charge in [-0.15, -0.1) is 0 Å². The molecule has 0 saturated carbocycles. The van der Waals surface area contributed by atoms with E-state index in [1.165, 1.54) is 6.07 Å². The van der Waals surface area contributed by atoms with Crippen molar-refractivity contribution >= 4 is 5.97 Å². The van der Waals surface area contributed by atoms with E-state index in [0.29, 0.717) is 11.3 Å². The van der Waals surface area contributed by atoms with Crippen molar-refractivity contribution in [3.8, 4) is 5.75 Å². The number of ether oxygens (including phenoxy) is 1. The van der Waals surface area contributed by atoms with Crippen molar-refractivity contribution in [2.75, 3.05) is 0 Å². The highest BCUT2D eigenvalue weighted by Gasteiger charge is 2.14. The summed E-state index contributed by atoms with van der Waals surface area (Å²) in [6, 6.07) is 6.59. The number of para-hydroxylation sites is 1. The third-order valence-electron chi connectivity index (χ3n) is 2.48. The van der Waals surface area contributed by atoms with Crippen molar-refractivity contribution in [2.24, 2.45) is 0 Å². The zero-order valence-electron chi connectivity index (χ0n) is 10.1. The Bertz CT molecular complexity index is 574. The first-order valence-electron chi connectivity index (χ1n) is 5.46. The number of aromatic nitrogens is 1. The summed E-state index contributed by atoms with van der Waals surface area (Å²) in [5.41, 5.74) is 1.49. The number of phenols is 1. The standard InChI is InChI=1S/C13H13NO4/c1-8-4-3-5-11(12(8)15)13(16)17-7-10-6-9(2)14-18-10/h3-6,15H,7H2,1-2H3. The Morgan fingerprint density at radius 3 is 2.89 bits per heavy atom. The van der Waals surface area contributed by atoms with Crippen LogP contribution in [0.3, 0.4) is 0 Å². The Morgan fingerprint density at radius 2 is 2.22 bits per heavy atom. The van der Waals surface area contributed by atoms with E-state index in [4.69, 9.17) is 9.26 Å². The Balaban J connectivity index is 2.06. The summed E-state index contributed by atoms with van der Waals surface area (Å²) in [6.45, 7) is 3.49. The fourth-order valence-electron chi connectivity index (χ4n) is 1.52. The lowest BCUT2D eigenvalue weighted by Crippen LogP contribution is -2.05. The summed E-state index contributed by atoms with van der Waals surface area (Å²) in [6.07, 6.45) is 0. The fourth-order valence-corrected chi connectivity index (χ4v) is 1.52. The van der Waals surface area contributed by atoms with E-state index in [9.17, 15) is 9.90 Å². The van der Waals surface area contributed by atoms with Crippen molar-refractivity contribution in [1.82, 2.24) is 5.16 Å². The second kappa shape index (κ2) is 4.91. The molecule has 1 aromatic heterocycles. The quantitative estimate of drug-likeness (QED) is 0.843. The molecular formula is C13H13NO4. The molecule has 0 amide bonds. The van der Waals surface area contributed by atoms with Crippen molar-refractivity contribution in [3.05, 3.63) is 46.8 Å². The minimum atomic E-state index is -0.592. The first kappa shape index (κ1) is 12.2. The molecule has 0 radical (unpaired) electrons. The van der Waals surface area contributed by atoms with Gasteiger partial charge in [0.2, 0.25) is 0 Å². The maximum absolute atomic E-state index is 11.8. The lowest BCUT2D eigenvalue weighted by atomic mass is 10.1. The Hall–Kier alpha value is -2.30. The zero-order valence-corrected chi connectivity index (χ0v) is 10.1. The summed E-state index contributed by atoms with van der Waals surface area (Å²) < 4.78 is 9.95. The summed E-state index contributed by atoms with van der Waals surface area (Å²) in [5.74, 6) is -0.186. The Kier molecular flexibility index (Phi) is 3.32. The van der Waals surface area contributed by atoms with Gasteiger partial charge in [-0.3, -0.25) is 0 Å². The third-order valence-corrected chi connectivity index (χ3v) is 2.48. The molecule has 2 rings (SSSR count). The predicted molar refractivity (Wildman–Crippen MR) is 63.2 cm³/mol. The van der Waals surface area contributed by atoms with Gasteiger partial charge in [-0.2, -0.15) is 0 Å². The van der Waals surface area contributed by atoms with Crippen molar-refractivity contribution in [2.45, 2.75) is 20.5 Å². The lowest BCUT2D eigenvalue weighted by molar-refractivity contribution is 0.0434. The monoisotopic (exact) mass is 247 g/mol. The molecule has 0 aliphatic heterocycles. The van der Waals surface area contributed by atoms with E-state index >= 15 is 0 Å². The molecule has 0 fully saturated rings. The number of aryl methyl sites for hydroxylation is 2. The van der Waals surface area contributed by atoms with E-state index in [0.717, 1.165) is 5.69 Å². The number of benzene rings is 1. The molecule has 0 bridgehead atoms. The third kappa shape index (κ3) is 2.51. The lowest BCUT2D eigenvalue weighted by Gasteiger charge is -2.06. The van der Waals surface area contributed by atoms with Crippen LogP contribution in [0.5, 0.6) is 5.75 Å². The second-order valence-electron chi connectivity index (χ2n) is 3.98. The van der Waals surface area contributed by atoms with Gasteiger partial charge in [0, 0.05) is 6.07 Å². The highest BCUT2D eigenvalue weighted by Crippen LogP contribution is 2.22. The van der Waals surface area contributed by atoms with Crippen LogP contribution >= 0.6 is 0 Å². The number of rotatable bonds is 3. The maximum Gasteiger partial charge on any atom is 0.342 e.